The maximum absolute atomic E-state index is 11.7. The second-order valence-electron chi connectivity index (χ2n) is 5.11. The van der Waals surface area contributed by atoms with Crippen molar-refractivity contribution in [2.75, 3.05) is 32.6 Å². The third-order valence-corrected chi connectivity index (χ3v) is 3.64. The van der Waals surface area contributed by atoms with Gasteiger partial charge in [0.25, 0.3) is 0 Å². The summed E-state index contributed by atoms with van der Waals surface area (Å²) < 4.78 is 4.82. The zero-order valence-electron chi connectivity index (χ0n) is 11.7. The summed E-state index contributed by atoms with van der Waals surface area (Å²) in [5.74, 6) is -0.283. The highest BCUT2D eigenvalue weighted by molar-refractivity contribution is 5.95. The number of para-hydroxylation sites is 1. The zero-order valence-corrected chi connectivity index (χ0v) is 11.7. The summed E-state index contributed by atoms with van der Waals surface area (Å²) in [7, 11) is 3.57. The van der Waals surface area contributed by atoms with Crippen LogP contribution in [0.25, 0.3) is 0 Å². The number of nitrogens with zero attached hydrogens (tertiary/aromatic N) is 1. The number of nitrogens with one attached hydrogen (secondary N) is 1. The maximum atomic E-state index is 11.7. The van der Waals surface area contributed by atoms with Gasteiger partial charge in [0.05, 0.1) is 12.7 Å². The van der Waals surface area contributed by atoms with Gasteiger partial charge in [-0.1, -0.05) is 12.1 Å². The van der Waals surface area contributed by atoms with Crippen LogP contribution in [0, 0.1) is 0 Å². The fourth-order valence-corrected chi connectivity index (χ4v) is 2.50. The first-order chi connectivity index (χ1) is 9.20. The molecule has 0 saturated carbocycles. The number of rotatable bonds is 3. The van der Waals surface area contributed by atoms with Gasteiger partial charge in [-0.25, -0.2) is 4.79 Å². The Hall–Kier alpha value is -1.55. The lowest BCUT2D eigenvalue weighted by molar-refractivity contribution is 0.0602. The Balaban J connectivity index is 2.08. The maximum Gasteiger partial charge on any atom is 0.339 e. The van der Waals surface area contributed by atoms with Crippen LogP contribution in [0.15, 0.2) is 24.3 Å². The number of esters is 1. The molecule has 1 aliphatic rings. The van der Waals surface area contributed by atoms with Gasteiger partial charge in [0.1, 0.15) is 0 Å². The summed E-state index contributed by atoms with van der Waals surface area (Å²) >= 11 is 0. The molecule has 1 aromatic rings. The minimum atomic E-state index is -0.283. The fraction of sp³-hybridized carbons (Fsp3) is 0.533. The molecule has 4 heteroatoms. The SMILES string of the molecule is COC(=O)c1ccccc1NC1CCCN(C)CC1. The van der Waals surface area contributed by atoms with Crippen molar-refractivity contribution in [3.8, 4) is 0 Å². The van der Waals surface area contributed by atoms with Crippen LogP contribution in [0.5, 0.6) is 0 Å². The Morgan fingerprint density at radius 3 is 2.89 bits per heavy atom. The van der Waals surface area contributed by atoms with Gasteiger partial charge in [-0.15, -0.1) is 0 Å². The van der Waals surface area contributed by atoms with Crippen LogP contribution in [0.3, 0.4) is 0 Å². The van der Waals surface area contributed by atoms with E-state index in [0.717, 1.165) is 31.6 Å². The second kappa shape index (κ2) is 6.57. The molecule has 4 nitrogen and oxygen atoms in total. The quantitative estimate of drug-likeness (QED) is 0.849. The fourth-order valence-electron chi connectivity index (χ4n) is 2.50. The van der Waals surface area contributed by atoms with Crippen LogP contribution >= 0.6 is 0 Å². The Kier molecular flexibility index (Phi) is 4.80. The Labute approximate surface area is 114 Å². The highest BCUT2D eigenvalue weighted by Gasteiger charge is 2.17. The third-order valence-electron chi connectivity index (χ3n) is 3.64. The molecule has 0 bridgehead atoms. The number of carbonyl (C=O) groups is 1. The molecule has 1 aliphatic heterocycles. The van der Waals surface area contributed by atoms with Crippen LogP contribution in [0.1, 0.15) is 29.6 Å². The molecule has 0 spiro atoms. The molecule has 1 saturated heterocycles. The van der Waals surface area contributed by atoms with E-state index in [-0.39, 0.29) is 5.97 Å². The summed E-state index contributed by atoms with van der Waals surface area (Å²) in [6, 6.07) is 7.98. The van der Waals surface area contributed by atoms with Crippen molar-refractivity contribution < 1.29 is 9.53 Å². The molecular formula is C15H22N2O2. The lowest BCUT2D eigenvalue weighted by Crippen LogP contribution is -2.23. The van der Waals surface area contributed by atoms with E-state index >= 15 is 0 Å². The molecule has 1 unspecified atom stereocenters. The van der Waals surface area contributed by atoms with Crippen molar-refractivity contribution in [1.82, 2.24) is 4.90 Å². The first kappa shape index (κ1) is 13.9. The van der Waals surface area contributed by atoms with Crippen molar-refractivity contribution in [2.24, 2.45) is 0 Å². The molecule has 104 valence electrons. The minimum absolute atomic E-state index is 0.283. The van der Waals surface area contributed by atoms with Crippen LogP contribution in [-0.4, -0.2) is 44.2 Å². The number of carbonyl (C=O) groups excluding carboxylic acids is 1. The molecule has 1 fully saturated rings. The number of benzene rings is 1. The molecule has 0 amide bonds. The Bertz CT molecular complexity index is 434. The molecule has 2 rings (SSSR count). The van der Waals surface area contributed by atoms with E-state index in [0.29, 0.717) is 11.6 Å². The average Bonchev–Trinajstić information content (AvgIpc) is 2.63. The minimum Gasteiger partial charge on any atom is -0.465 e. The lowest BCUT2D eigenvalue weighted by atomic mass is 10.1. The van der Waals surface area contributed by atoms with Crippen molar-refractivity contribution >= 4 is 11.7 Å². The van der Waals surface area contributed by atoms with Gasteiger partial charge in [0.2, 0.25) is 0 Å². The first-order valence-electron chi connectivity index (χ1n) is 6.83. The molecule has 0 aliphatic carbocycles. The van der Waals surface area contributed by atoms with Gasteiger partial charge in [0.15, 0.2) is 0 Å². The smallest absolute Gasteiger partial charge is 0.339 e. The molecule has 0 radical (unpaired) electrons. The zero-order chi connectivity index (χ0) is 13.7. The molecular weight excluding hydrogens is 240 g/mol. The van der Waals surface area contributed by atoms with E-state index in [1.807, 2.05) is 18.2 Å². The van der Waals surface area contributed by atoms with Gasteiger partial charge in [-0.05, 0) is 51.5 Å². The predicted molar refractivity (Wildman–Crippen MR) is 76.5 cm³/mol. The molecule has 1 heterocycles. The summed E-state index contributed by atoms with van der Waals surface area (Å²) in [6.07, 6.45) is 3.43. The number of hydrogen-bond donors (Lipinski definition) is 1. The summed E-state index contributed by atoms with van der Waals surface area (Å²) in [5.41, 5.74) is 1.49. The predicted octanol–water partition coefficient (Wildman–Crippen LogP) is 2.37. The third kappa shape index (κ3) is 3.70. The van der Waals surface area contributed by atoms with Crippen LogP contribution in [0.2, 0.25) is 0 Å². The van der Waals surface area contributed by atoms with Gasteiger partial charge in [-0.2, -0.15) is 0 Å². The van der Waals surface area contributed by atoms with E-state index in [1.54, 1.807) is 6.07 Å². The second-order valence-corrected chi connectivity index (χ2v) is 5.11. The van der Waals surface area contributed by atoms with Crippen LogP contribution in [0.4, 0.5) is 5.69 Å². The Morgan fingerprint density at radius 2 is 2.11 bits per heavy atom. The van der Waals surface area contributed by atoms with E-state index in [2.05, 4.69) is 17.3 Å². The molecule has 19 heavy (non-hydrogen) atoms. The van der Waals surface area contributed by atoms with E-state index < -0.39 is 0 Å². The number of hydrogen-bond acceptors (Lipinski definition) is 4. The highest BCUT2D eigenvalue weighted by atomic mass is 16.5. The van der Waals surface area contributed by atoms with Crippen molar-refractivity contribution in [1.29, 1.82) is 0 Å². The average molecular weight is 262 g/mol. The molecule has 1 aromatic carbocycles. The molecule has 1 atom stereocenters. The summed E-state index contributed by atoms with van der Waals surface area (Å²) in [5, 5.41) is 3.50. The van der Waals surface area contributed by atoms with Gasteiger partial charge in [0, 0.05) is 11.7 Å². The van der Waals surface area contributed by atoms with Gasteiger partial charge in [-0.3, -0.25) is 0 Å². The van der Waals surface area contributed by atoms with Crippen molar-refractivity contribution in [3.05, 3.63) is 29.8 Å². The van der Waals surface area contributed by atoms with Gasteiger partial charge >= 0.3 is 5.97 Å². The highest BCUT2D eigenvalue weighted by Crippen LogP contribution is 2.20. The molecule has 0 aromatic heterocycles. The van der Waals surface area contributed by atoms with E-state index in [4.69, 9.17) is 4.74 Å². The number of ether oxygens (including phenoxy) is 1. The first-order valence-corrected chi connectivity index (χ1v) is 6.83. The lowest BCUT2D eigenvalue weighted by Gasteiger charge is -2.19. The van der Waals surface area contributed by atoms with E-state index in [1.165, 1.54) is 13.5 Å². The van der Waals surface area contributed by atoms with Crippen LogP contribution < -0.4 is 5.32 Å². The summed E-state index contributed by atoms with van der Waals surface area (Å²) in [6.45, 7) is 2.24. The normalized spacial score (nSPS) is 20.6. The molecule has 1 N–H and O–H groups in total. The number of likely N-dealkylation sites (tertiary alicyclic amines) is 1. The monoisotopic (exact) mass is 262 g/mol. The van der Waals surface area contributed by atoms with Gasteiger partial charge < -0.3 is 15.0 Å². The summed E-state index contributed by atoms with van der Waals surface area (Å²) in [4.78, 5) is 14.1. The largest absolute Gasteiger partial charge is 0.465 e. The van der Waals surface area contributed by atoms with E-state index in [9.17, 15) is 4.79 Å². The Morgan fingerprint density at radius 1 is 1.32 bits per heavy atom. The van der Waals surface area contributed by atoms with Crippen molar-refractivity contribution in [3.63, 3.8) is 0 Å². The standard InChI is InChI=1S/C15H22N2O2/c1-17-10-5-6-12(9-11-17)16-14-8-4-3-7-13(14)15(18)19-2/h3-4,7-8,12,16H,5-6,9-11H2,1-2H3. The topological polar surface area (TPSA) is 41.6 Å². The van der Waals surface area contributed by atoms with Crippen LogP contribution in [-0.2, 0) is 4.74 Å². The van der Waals surface area contributed by atoms with Crippen molar-refractivity contribution in [2.45, 2.75) is 25.3 Å². The number of methoxy groups -OCH3 is 1. The number of anilines is 1.